The highest BCUT2D eigenvalue weighted by atomic mass is 15.4. The van der Waals surface area contributed by atoms with Gasteiger partial charge >= 0.3 is 0 Å². The predicted molar refractivity (Wildman–Crippen MR) is 53.7 cm³/mol. The Labute approximate surface area is 78.3 Å². The summed E-state index contributed by atoms with van der Waals surface area (Å²) in [4.78, 5) is 2.33. The van der Waals surface area contributed by atoms with Gasteiger partial charge in [-0.2, -0.15) is 5.10 Å². The van der Waals surface area contributed by atoms with Crippen molar-refractivity contribution in [1.29, 1.82) is 0 Å². The van der Waals surface area contributed by atoms with Gasteiger partial charge in [-0.05, 0) is 20.8 Å². The first kappa shape index (κ1) is 8.41. The molecule has 0 aliphatic carbocycles. The summed E-state index contributed by atoms with van der Waals surface area (Å²) in [6, 6.07) is 1.94. The number of anilines is 2. The predicted octanol–water partition coefficient (Wildman–Crippen LogP) is 1.08. The van der Waals surface area contributed by atoms with Crippen LogP contribution in [0.1, 0.15) is 20.8 Å². The van der Waals surface area contributed by atoms with Gasteiger partial charge in [-0.15, -0.1) is 0 Å². The van der Waals surface area contributed by atoms with E-state index in [2.05, 4.69) is 30.8 Å². The van der Waals surface area contributed by atoms with Gasteiger partial charge in [0.25, 0.3) is 0 Å². The van der Waals surface area contributed by atoms with Crippen LogP contribution in [0.5, 0.6) is 0 Å². The second-order valence-electron chi connectivity index (χ2n) is 4.47. The van der Waals surface area contributed by atoms with Crippen LogP contribution in [-0.4, -0.2) is 21.9 Å². The molecule has 0 bridgehead atoms. The van der Waals surface area contributed by atoms with E-state index in [1.807, 2.05) is 10.7 Å². The number of fused-ring (bicyclic) bond motifs is 1. The van der Waals surface area contributed by atoms with Crippen LogP contribution in [0.3, 0.4) is 0 Å². The third-order valence-corrected chi connectivity index (χ3v) is 2.40. The number of nitrogens with zero attached hydrogens (tertiary/aromatic N) is 3. The third-order valence-electron chi connectivity index (χ3n) is 2.40. The first-order chi connectivity index (χ1) is 5.98. The monoisotopic (exact) mass is 180 g/mol. The standard InChI is InChI=1S/C9H16N4/c1-9(2,3)12-4-5-13-8(12)6-7(10)11-13/h6H,4-5H2,1-3H3,(H2,10,11). The summed E-state index contributed by atoms with van der Waals surface area (Å²) < 4.78 is 1.97. The van der Waals surface area contributed by atoms with E-state index in [0.717, 1.165) is 18.9 Å². The lowest BCUT2D eigenvalue weighted by molar-refractivity contribution is 0.517. The van der Waals surface area contributed by atoms with Gasteiger partial charge in [0.1, 0.15) is 11.6 Å². The second kappa shape index (κ2) is 2.40. The number of rotatable bonds is 0. The van der Waals surface area contributed by atoms with Crippen molar-refractivity contribution >= 4 is 11.6 Å². The Kier molecular flexibility index (Phi) is 1.55. The molecular formula is C9H16N4. The maximum absolute atomic E-state index is 5.64. The minimum atomic E-state index is 0.153. The lowest BCUT2D eigenvalue weighted by Gasteiger charge is -2.32. The molecule has 13 heavy (non-hydrogen) atoms. The van der Waals surface area contributed by atoms with Crippen molar-refractivity contribution in [3.05, 3.63) is 6.07 Å². The Morgan fingerprint density at radius 2 is 2.08 bits per heavy atom. The summed E-state index contributed by atoms with van der Waals surface area (Å²) >= 11 is 0. The fourth-order valence-corrected chi connectivity index (χ4v) is 1.80. The van der Waals surface area contributed by atoms with Crippen LogP contribution in [0.4, 0.5) is 11.6 Å². The Hall–Kier alpha value is -1.19. The van der Waals surface area contributed by atoms with Gasteiger partial charge in [-0.3, -0.25) is 0 Å². The maximum atomic E-state index is 5.64. The zero-order valence-electron chi connectivity index (χ0n) is 8.41. The molecule has 0 spiro atoms. The lowest BCUT2D eigenvalue weighted by atomic mass is 10.1. The summed E-state index contributed by atoms with van der Waals surface area (Å²) in [7, 11) is 0. The zero-order valence-corrected chi connectivity index (χ0v) is 8.41. The molecule has 0 fully saturated rings. The van der Waals surface area contributed by atoms with Crippen molar-refractivity contribution < 1.29 is 0 Å². The molecule has 4 nitrogen and oxygen atoms in total. The molecular weight excluding hydrogens is 164 g/mol. The van der Waals surface area contributed by atoms with Crippen LogP contribution in [-0.2, 0) is 6.54 Å². The molecule has 1 aliphatic heterocycles. The van der Waals surface area contributed by atoms with Crippen molar-refractivity contribution in [1.82, 2.24) is 9.78 Å². The van der Waals surface area contributed by atoms with Crippen molar-refractivity contribution in [2.75, 3.05) is 17.2 Å². The molecule has 0 saturated heterocycles. The molecule has 0 saturated carbocycles. The molecule has 0 unspecified atom stereocenters. The molecule has 0 aromatic carbocycles. The van der Waals surface area contributed by atoms with E-state index in [-0.39, 0.29) is 5.54 Å². The first-order valence-corrected chi connectivity index (χ1v) is 4.59. The number of aromatic nitrogens is 2. The van der Waals surface area contributed by atoms with Crippen LogP contribution in [0.25, 0.3) is 0 Å². The largest absolute Gasteiger partial charge is 0.382 e. The number of nitrogens with two attached hydrogens (primary N) is 1. The highest BCUT2D eigenvalue weighted by Gasteiger charge is 2.29. The first-order valence-electron chi connectivity index (χ1n) is 4.59. The van der Waals surface area contributed by atoms with E-state index in [1.165, 1.54) is 0 Å². The fraction of sp³-hybridized carbons (Fsp3) is 0.667. The summed E-state index contributed by atoms with van der Waals surface area (Å²) in [5.41, 5.74) is 5.79. The van der Waals surface area contributed by atoms with Crippen molar-refractivity contribution in [2.24, 2.45) is 0 Å². The van der Waals surface area contributed by atoms with Crippen molar-refractivity contribution in [2.45, 2.75) is 32.9 Å². The van der Waals surface area contributed by atoms with Crippen molar-refractivity contribution in [3.8, 4) is 0 Å². The fourth-order valence-electron chi connectivity index (χ4n) is 1.80. The minimum absolute atomic E-state index is 0.153. The highest BCUT2D eigenvalue weighted by molar-refractivity contribution is 5.52. The van der Waals surface area contributed by atoms with Gasteiger partial charge in [-0.25, -0.2) is 4.68 Å². The SMILES string of the molecule is CC(C)(C)N1CCn2nc(N)cc21. The quantitative estimate of drug-likeness (QED) is 0.650. The van der Waals surface area contributed by atoms with E-state index in [1.54, 1.807) is 0 Å². The molecule has 72 valence electrons. The van der Waals surface area contributed by atoms with Gasteiger partial charge in [0.15, 0.2) is 0 Å². The average molecular weight is 180 g/mol. The number of hydrogen-bond donors (Lipinski definition) is 1. The molecule has 0 atom stereocenters. The van der Waals surface area contributed by atoms with Gasteiger partial charge in [0.2, 0.25) is 0 Å². The molecule has 0 amide bonds. The molecule has 1 aliphatic rings. The van der Waals surface area contributed by atoms with E-state index >= 15 is 0 Å². The van der Waals surface area contributed by atoms with Crippen LogP contribution in [0.15, 0.2) is 6.07 Å². The van der Waals surface area contributed by atoms with E-state index in [0.29, 0.717) is 5.82 Å². The van der Waals surface area contributed by atoms with Crippen LogP contribution >= 0.6 is 0 Å². The van der Waals surface area contributed by atoms with Crippen molar-refractivity contribution in [3.63, 3.8) is 0 Å². The van der Waals surface area contributed by atoms with E-state index in [4.69, 9.17) is 5.73 Å². The molecule has 4 heteroatoms. The number of nitrogen functional groups attached to an aromatic ring is 1. The Morgan fingerprint density at radius 3 is 2.69 bits per heavy atom. The molecule has 1 aromatic rings. The molecule has 0 radical (unpaired) electrons. The Morgan fingerprint density at radius 1 is 1.38 bits per heavy atom. The van der Waals surface area contributed by atoms with Gasteiger partial charge < -0.3 is 10.6 Å². The van der Waals surface area contributed by atoms with Gasteiger partial charge in [0, 0.05) is 18.2 Å². The highest BCUT2D eigenvalue weighted by Crippen LogP contribution is 2.29. The Bertz CT molecular complexity index is 321. The lowest BCUT2D eigenvalue weighted by Crippen LogP contribution is -2.40. The average Bonchev–Trinajstić information content (AvgIpc) is 2.41. The summed E-state index contributed by atoms with van der Waals surface area (Å²) in [6.45, 7) is 8.58. The smallest absolute Gasteiger partial charge is 0.147 e. The van der Waals surface area contributed by atoms with Crippen LogP contribution in [0.2, 0.25) is 0 Å². The molecule has 2 rings (SSSR count). The molecule has 2 N–H and O–H groups in total. The Balaban J connectivity index is 2.37. The van der Waals surface area contributed by atoms with Gasteiger partial charge in [0.05, 0.1) is 6.54 Å². The maximum Gasteiger partial charge on any atom is 0.147 e. The zero-order chi connectivity index (χ0) is 9.64. The summed E-state index contributed by atoms with van der Waals surface area (Å²) in [5.74, 6) is 1.76. The summed E-state index contributed by atoms with van der Waals surface area (Å²) in [5, 5.41) is 4.21. The minimum Gasteiger partial charge on any atom is -0.382 e. The topological polar surface area (TPSA) is 47.1 Å². The van der Waals surface area contributed by atoms with Gasteiger partial charge in [-0.1, -0.05) is 0 Å². The summed E-state index contributed by atoms with van der Waals surface area (Å²) in [6.07, 6.45) is 0. The number of hydrogen-bond acceptors (Lipinski definition) is 3. The molecule has 1 aromatic heterocycles. The molecule has 2 heterocycles. The van der Waals surface area contributed by atoms with Crippen LogP contribution < -0.4 is 10.6 Å². The van der Waals surface area contributed by atoms with E-state index < -0.39 is 0 Å². The third kappa shape index (κ3) is 1.26. The second-order valence-corrected chi connectivity index (χ2v) is 4.47. The van der Waals surface area contributed by atoms with E-state index in [9.17, 15) is 0 Å². The van der Waals surface area contributed by atoms with Crippen LogP contribution in [0, 0.1) is 0 Å². The normalized spacial score (nSPS) is 16.4.